The van der Waals surface area contributed by atoms with Crippen molar-refractivity contribution >= 4 is 17.6 Å². The van der Waals surface area contributed by atoms with Crippen molar-refractivity contribution in [3.05, 3.63) is 194 Å². The minimum Gasteiger partial charge on any atom is -0.493 e. The summed E-state index contributed by atoms with van der Waals surface area (Å²) in [5, 5.41) is 41.1. The van der Waals surface area contributed by atoms with E-state index in [0.717, 1.165) is 16.7 Å². The van der Waals surface area contributed by atoms with Crippen LogP contribution < -0.4 is 20.1 Å². The molecule has 5 aromatic carbocycles. The molecule has 6 rings (SSSR count). The van der Waals surface area contributed by atoms with Crippen molar-refractivity contribution in [2.75, 3.05) is 40.0 Å². The first-order valence-electron chi connectivity index (χ1n) is 20.8. The third-order valence-electron chi connectivity index (χ3n) is 11.2. The number of dihydropyridines is 1. The summed E-state index contributed by atoms with van der Waals surface area (Å²) in [4.78, 5) is 40.3. The summed E-state index contributed by atoms with van der Waals surface area (Å²) in [6.07, 6.45) is -1.01. The summed E-state index contributed by atoms with van der Waals surface area (Å²) in [5.41, 5.74) is 1.62. The number of methoxy groups -OCH3 is 1. The first-order valence-corrected chi connectivity index (χ1v) is 20.8. The van der Waals surface area contributed by atoms with Crippen LogP contribution in [0.3, 0.4) is 0 Å². The molecule has 328 valence electrons. The summed E-state index contributed by atoms with van der Waals surface area (Å²) >= 11 is 0. The second-order valence-electron chi connectivity index (χ2n) is 15.8. The van der Waals surface area contributed by atoms with Gasteiger partial charge in [-0.2, -0.15) is 0 Å². The summed E-state index contributed by atoms with van der Waals surface area (Å²) in [5.74, 6) is -2.17. The molecule has 5 aromatic rings. The fourth-order valence-corrected chi connectivity index (χ4v) is 8.54. The SMILES string of the molecule is CCOC(=O)C1=C(CNCC(C)(C)N(CC(O)COc2ccccc2OC)C(c2ccccc2)(c2ccccc2)c2ccccc2)NC(C)=C(C(=O)O)C1c1cccc([N+](=O)[O-])c1. The number of carbonyl (C=O) groups is 2. The Morgan fingerprint density at radius 2 is 1.40 bits per heavy atom. The molecule has 63 heavy (non-hydrogen) atoms. The van der Waals surface area contributed by atoms with Crippen LogP contribution in [0.2, 0.25) is 0 Å². The Morgan fingerprint density at radius 1 is 0.841 bits per heavy atom. The second kappa shape index (κ2) is 20.4. The predicted molar refractivity (Wildman–Crippen MR) is 240 cm³/mol. The first kappa shape index (κ1) is 45.7. The van der Waals surface area contributed by atoms with Crippen LogP contribution in [0.1, 0.15) is 55.9 Å². The molecule has 0 aliphatic carbocycles. The lowest BCUT2D eigenvalue weighted by atomic mass is 9.73. The van der Waals surface area contributed by atoms with Crippen molar-refractivity contribution in [1.82, 2.24) is 15.5 Å². The van der Waals surface area contributed by atoms with Crippen molar-refractivity contribution in [2.45, 2.75) is 50.8 Å². The van der Waals surface area contributed by atoms with Crippen LogP contribution in [-0.2, 0) is 19.9 Å². The number of benzene rings is 5. The molecule has 1 heterocycles. The fraction of sp³-hybridized carbons (Fsp3) is 0.280. The molecule has 0 fully saturated rings. The minimum atomic E-state index is -1.28. The number of carboxylic acid groups (broad SMARTS) is 1. The molecule has 1 aliphatic rings. The van der Waals surface area contributed by atoms with E-state index in [4.69, 9.17) is 14.2 Å². The Balaban J connectivity index is 1.45. The first-order chi connectivity index (χ1) is 30.3. The molecule has 0 bridgehead atoms. The van der Waals surface area contributed by atoms with Gasteiger partial charge in [0.05, 0.1) is 41.2 Å². The van der Waals surface area contributed by atoms with Gasteiger partial charge in [-0.05, 0) is 62.1 Å². The van der Waals surface area contributed by atoms with Gasteiger partial charge in [0.2, 0.25) is 0 Å². The second-order valence-corrected chi connectivity index (χ2v) is 15.8. The highest BCUT2D eigenvalue weighted by Gasteiger charge is 2.49. The summed E-state index contributed by atoms with van der Waals surface area (Å²) in [6.45, 7) is 7.82. The van der Waals surface area contributed by atoms with Gasteiger partial charge < -0.3 is 35.1 Å². The Hall–Kier alpha value is -6.80. The normalized spacial score (nSPS) is 14.8. The van der Waals surface area contributed by atoms with E-state index in [9.17, 15) is 29.9 Å². The number of carboxylic acids is 1. The molecule has 13 nitrogen and oxygen atoms in total. The van der Waals surface area contributed by atoms with E-state index in [1.165, 1.54) is 18.2 Å². The van der Waals surface area contributed by atoms with Crippen molar-refractivity contribution < 1.29 is 38.9 Å². The van der Waals surface area contributed by atoms with Gasteiger partial charge in [-0.1, -0.05) is 115 Å². The van der Waals surface area contributed by atoms with Crippen LogP contribution >= 0.6 is 0 Å². The van der Waals surface area contributed by atoms with E-state index in [-0.39, 0.29) is 60.9 Å². The number of nitro benzene ring substituents is 1. The third-order valence-corrected chi connectivity index (χ3v) is 11.2. The van der Waals surface area contributed by atoms with Crippen LogP contribution in [0, 0.1) is 10.1 Å². The zero-order chi connectivity index (χ0) is 45.1. The molecule has 13 heteroatoms. The van der Waals surface area contributed by atoms with Gasteiger partial charge in [0, 0.05) is 48.7 Å². The highest BCUT2D eigenvalue weighted by Crippen LogP contribution is 2.46. The van der Waals surface area contributed by atoms with Gasteiger partial charge in [-0.3, -0.25) is 15.0 Å². The summed E-state index contributed by atoms with van der Waals surface area (Å²) < 4.78 is 17.2. The van der Waals surface area contributed by atoms with Crippen molar-refractivity contribution in [1.29, 1.82) is 0 Å². The van der Waals surface area contributed by atoms with Crippen LogP contribution in [0.25, 0.3) is 0 Å². The van der Waals surface area contributed by atoms with Gasteiger partial charge in [0.1, 0.15) is 12.7 Å². The van der Waals surface area contributed by atoms with E-state index >= 15 is 0 Å². The Labute approximate surface area is 367 Å². The van der Waals surface area contributed by atoms with Crippen molar-refractivity contribution in [3.63, 3.8) is 0 Å². The number of aliphatic carboxylic acids is 1. The third kappa shape index (κ3) is 9.97. The monoisotopic (exact) mass is 854 g/mol. The lowest BCUT2D eigenvalue weighted by molar-refractivity contribution is -0.384. The smallest absolute Gasteiger partial charge is 0.336 e. The summed E-state index contributed by atoms with van der Waals surface area (Å²) in [7, 11) is 1.56. The van der Waals surface area contributed by atoms with Crippen molar-refractivity contribution in [2.24, 2.45) is 0 Å². The molecule has 4 N–H and O–H groups in total. The zero-order valence-electron chi connectivity index (χ0n) is 36.1. The number of ether oxygens (including phenoxy) is 3. The molecule has 0 saturated carbocycles. The Kier molecular flexibility index (Phi) is 14.8. The number of hydrogen-bond acceptors (Lipinski definition) is 11. The van der Waals surface area contributed by atoms with Crippen LogP contribution in [-0.4, -0.2) is 83.6 Å². The zero-order valence-corrected chi connectivity index (χ0v) is 36.1. The lowest BCUT2D eigenvalue weighted by Gasteiger charge is -2.53. The van der Waals surface area contributed by atoms with Gasteiger partial charge in [-0.25, -0.2) is 9.59 Å². The lowest BCUT2D eigenvalue weighted by Crippen LogP contribution is -2.63. The van der Waals surface area contributed by atoms with E-state index in [1.807, 2.05) is 66.7 Å². The van der Waals surface area contributed by atoms with E-state index < -0.39 is 40.0 Å². The van der Waals surface area contributed by atoms with Crippen LogP contribution in [0.15, 0.2) is 162 Å². The quantitative estimate of drug-likeness (QED) is 0.0262. The number of para-hydroxylation sites is 2. The largest absolute Gasteiger partial charge is 0.493 e. The highest BCUT2D eigenvalue weighted by molar-refractivity contribution is 5.99. The molecule has 0 radical (unpaired) electrons. The number of allylic oxidation sites excluding steroid dienone is 1. The van der Waals surface area contributed by atoms with Gasteiger partial charge in [-0.15, -0.1) is 0 Å². The number of nitrogens with zero attached hydrogens (tertiary/aromatic N) is 2. The van der Waals surface area contributed by atoms with E-state index in [0.29, 0.717) is 17.2 Å². The maximum atomic E-state index is 13.9. The van der Waals surface area contributed by atoms with Gasteiger partial charge in [0.25, 0.3) is 5.69 Å². The topological polar surface area (TPSA) is 173 Å². The van der Waals surface area contributed by atoms with Crippen molar-refractivity contribution in [3.8, 4) is 11.5 Å². The Bertz CT molecular complexity index is 2340. The average Bonchev–Trinajstić information content (AvgIpc) is 3.29. The number of hydrogen-bond donors (Lipinski definition) is 4. The maximum Gasteiger partial charge on any atom is 0.336 e. The number of nitrogens with one attached hydrogen (secondary N) is 2. The van der Waals surface area contributed by atoms with Gasteiger partial charge >= 0.3 is 11.9 Å². The highest BCUT2D eigenvalue weighted by atomic mass is 16.6. The molecular formula is C50H54N4O9. The van der Waals surface area contributed by atoms with Crippen LogP contribution in [0.5, 0.6) is 11.5 Å². The number of nitro groups is 1. The molecule has 0 aromatic heterocycles. The fourth-order valence-electron chi connectivity index (χ4n) is 8.54. The molecule has 0 spiro atoms. The summed E-state index contributed by atoms with van der Waals surface area (Å²) in [6, 6.07) is 43.3. The molecule has 2 unspecified atom stereocenters. The van der Waals surface area contributed by atoms with E-state index in [1.54, 1.807) is 39.2 Å². The number of esters is 1. The number of aliphatic hydroxyl groups excluding tert-OH is 1. The van der Waals surface area contributed by atoms with Gasteiger partial charge in [0.15, 0.2) is 11.5 Å². The molecule has 0 saturated heterocycles. The maximum absolute atomic E-state index is 13.9. The Morgan fingerprint density at radius 3 is 1.92 bits per heavy atom. The number of aliphatic hydroxyl groups is 1. The van der Waals surface area contributed by atoms with Crippen LogP contribution in [0.4, 0.5) is 5.69 Å². The molecule has 0 amide bonds. The average molecular weight is 855 g/mol. The predicted octanol–water partition coefficient (Wildman–Crippen LogP) is 7.57. The minimum absolute atomic E-state index is 0.0153. The number of β-amino-alcohol motifs (C(OH)–C–C–N with tert-alkyl or cyclic N) is 1. The molecule has 1 aliphatic heterocycles. The molecule has 2 atom stereocenters. The number of rotatable bonds is 20. The number of carbonyl (C=O) groups excluding carboxylic acids is 1. The van der Waals surface area contributed by atoms with E-state index in [2.05, 4.69) is 65.8 Å². The number of non-ortho nitro benzene ring substituents is 1. The molecular weight excluding hydrogens is 801 g/mol. The standard InChI is InChI=1S/C50H54N4O9/c1-6-62-48(58)46-41(52-34(2)44(47(56)57)45(46)35-19-18-26-39(29-35)54(59)60)30-51-33-49(3,4)53(31-40(55)32-63-43-28-17-16-27-42(43)61-5)50(36-20-10-7-11-21-36,37-22-12-8-13-23-37)38-24-14-9-15-25-38/h7-29,40,45,51-52,55H,6,30-33H2,1-5H3,(H,56,57).